The van der Waals surface area contributed by atoms with E-state index in [0.29, 0.717) is 0 Å². The molecule has 1 aliphatic heterocycles. The number of halogens is 2. The Hall–Kier alpha value is -1.92. The summed E-state index contributed by atoms with van der Waals surface area (Å²) in [5, 5.41) is 0. The minimum atomic E-state index is 0. The maximum Gasteiger partial charge on any atom is 0.160 e. The fourth-order valence-electron chi connectivity index (χ4n) is 5.13. The van der Waals surface area contributed by atoms with Gasteiger partial charge in [-0.25, -0.2) is 9.97 Å². The van der Waals surface area contributed by atoms with Crippen LogP contribution in [0, 0.1) is 13.8 Å². The number of aromatic nitrogens is 3. The Morgan fingerprint density at radius 2 is 1.67 bits per heavy atom. The fourth-order valence-corrected chi connectivity index (χ4v) is 5.13. The number of aryl methyl sites for hydroxylation is 3. The van der Waals surface area contributed by atoms with Gasteiger partial charge in [0.1, 0.15) is 11.3 Å². The molecule has 1 saturated heterocycles. The summed E-state index contributed by atoms with van der Waals surface area (Å²) in [6, 6.07) is 11.8. The maximum atomic E-state index is 4.88. The van der Waals surface area contributed by atoms with Crippen molar-refractivity contribution in [3.8, 4) is 0 Å². The summed E-state index contributed by atoms with van der Waals surface area (Å²) in [5.74, 6) is 1.10. The van der Waals surface area contributed by atoms with Crippen molar-refractivity contribution in [1.29, 1.82) is 0 Å². The highest BCUT2D eigenvalue weighted by molar-refractivity contribution is 5.85. The van der Waals surface area contributed by atoms with E-state index >= 15 is 0 Å². The number of imidazole rings is 1. The molecule has 5 nitrogen and oxygen atoms in total. The summed E-state index contributed by atoms with van der Waals surface area (Å²) >= 11 is 0. The number of hydrogen-bond donors (Lipinski definition) is 0. The van der Waals surface area contributed by atoms with Crippen LogP contribution in [0.25, 0.3) is 17.2 Å². The molecule has 198 valence electrons. The number of fused-ring (bicyclic) bond motifs is 1. The Morgan fingerprint density at radius 3 is 2.31 bits per heavy atom. The second-order valence-electron chi connectivity index (χ2n) is 9.84. The molecule has 1 fully saturated rings. The number of hydrogen-bond acceptors (Lipinski definition) is 4. The minimum absolute atomic E-state index is 0. The zero-order valence-corrected chi connectivity index (χ0v) is 24.2. The van der Waals surface area contributed by atoms with Gasteiger partial charge < -0.3 is 4.57 Å². The van der Waals surface area contributed by atoms with Crippen molar-refractivity contribution in [2.24, 2.45) is 0 Å². The molecule has 3 heterocycles. The average Bonchev–Trinajstić information content (AvgIpc) is 3.18. The Kier molecular flexibility index (Phi) is 11.9. The third-order valence-electron chi connectivity index (χ3n) is 7.15. The number of benzene rings is 1. The van der Waals surface area contributed by atoms with E-state index in [2.05, 4.69) is 91.5 Å². The molecule has 1 aliphatic rings. The molecule has 7 heteroatoms. The molecule has 0 amide bonds. The first-order valence-electron chi connectivity index (χ1n) is 13.0. The Morgan fingerprint density at radius 1 is 0.972 bits per heavy atom. The highest BCUT2D eigenvalue weighted by atomic mass is 35.5. The second-order valence-corrected chi connectivity index (χ2v) is 9.84. The van der Waals surface area contributed by atoms with Gasteiger partial charge in [-0.3, -0.25) is 9.80 Å². The van der Waals surface area contributed by atoms with Crippen molar-refractivity contribution in [3.05, 3.63) is 64.6 Å². The van der Waals surface area contributed by atoms with Crippen LogP contribution in [0.1, 0.15) is 61.8 Å². The standard InChI is InChI=1S/C29H41N5.2ClH/c1-6-9-24(5)33-18-16-32(17-19-33)15-8-10-25-11-13-26(14-12-25)21-34-27(7-2)31-28-22(3)20-23(4)30-29(28)34;;/h8,10-14,20,24H,6-7,9,15-19,21H2,1-5H3;2*1H. The van der Waals surface area contributed by atoms with Crippen LogP contribution in [0.15, 0.2) is 36.4 Å². The molecule has 0 bridgehead atoms. The Labute approximate surface area is 229 Å². The number of pyridine rings is 1. The lowest BCUT2D eigenvalue weighted by molar-refractivity contribution is 0.106. The van der Waals surface area contributed by atoms with E-state index in [0.717, 1.165) is 48.2 Å². The summed E-state index contributed by atoms with van der Waals surface area (Å²) in [6.07, 6.45) is 8.06. The molecule has 1 atom stereocenters. The van der Waals surface area contributed by atoms with Crippen LogP contribution >= 0.6 is 24.8 Å². The number of piperazine rings is 1. The number of nitrogens with zero attached hydrogens (tertiary/aromatic N) is 5. The third kappa shape index (κ3) is 7.32. The molecule has 2 aromatic heterocycles. The largest absolute Gasteiger partial charge is 0.308 e. The number of rotatable bonds is 9. The van der Waals surface area contributed by atoms with E-state index in [9.17, 15) is 0 Å². The van der Waals surface area contributed by atoms with Crippen LogP contribution in [0.4, 0.5) is 0 Å². The molecule has 0 radical (unpaired) electrons. The average molecular weight is 533 g/mol. The van der Waals surface area contributed by atoms with Crippen LogP contribution < -0.4 is 0 Å². The molecule has 1 unspecified atom stereocenters. The lowest BCUT2D eigenvalue weighted by Gasteiger charge is -2.37. The molecular weight excluding hydrogens is 489 g/mol. The quantitative estimate of drug-likeness (QED) is 0.323. The molecule has 1 aromatic carbocycles. The molecule has 4 rings (SSSR count). The van der Waals surface area contributed by atoms with Gasteiger partial charge in [-0.2, -0.15) is 0 Å². The first-order valence-corrected chi connectivity index (χ1v) is 13.0. The lowest BCUT2D eigenvalue weighted by atomic mass is 10.1. The highest BCUT2D eigenvalue weighted by Crippen LogP contribution is 2.21. The minimum Gasteiger partial charge on any atom is -0.308 e. The molecule has 36 heavy (non-hydrogen) atoms. The van der Waals surface area contributed by atoms with Gasteiger partial charge in [0.05, 0.1) is 6.54 Å². The smallest absolute Gasteiger partial charge is 0.160 e. The maximum absolute atomic E-state index is 4.88. The topological polar surface area (TPSA) is 37.2 Å². The molecular formula is C29H43Cl2N5. The van der Waals surface area contributed by atoms with Gasteiger partial charge in [-0.1, -0.05) is 56.7 Å². The SMILES string of the molecule is CCCC(C)N1CCN(CC=Cc2ccc(Cn3c(CC)nc4c(C)cc(C)nc43)cc2)CC1.Cl.Cl. The molecule has 0 aliphatic carbocycles. The Bertz CT molecular complexity index is 1110. The zero-order chi connectivity index (χ0) is 24.1. The first-order chi connectivity index (χ1) is 16.5. The third-order valence-corrected chi connectivity index (χ3v) is 7.15. The van der Waals surface area contributed by atoms with Gasteiger partial charge in [0.2, 0.25) is 0 Å². The van der Waals surface area contributed by atoms with Crippen molar-refractivity contribution >= 4 is 42.1 Å². The first kappa shape index (κ1) is 30.3. The summed E-state index contributed by atoms with van der Waals surface area (Å²) in [5.41, 5.74) is 6.82. The van der Waals surface area contributed by atoms with Gasteiger partial charge >= 0.3 is 0 Å². The van der Waals surface area contributed by atoms with Crippen LogP contribution in [0.5, 0.6) is 0 Å². The molecule has 3 aromatic rings. The van der Waals surface area contributed by atoms with Crippen molar-refractivity contribution in [3.63, 3.8) is 0 Å². The van der Waals surface area contributed by atoms with Crippen molar-refractivity contribution in [2.45, 2.75) is 66.5 Å². The summed E-state index contributed by atoms with van der Waals surface area (Å²) in [7, 11) is 0. The van der Waals surface area contributed by atoms with Crippen LogP contribution in [-0.4, -0.2) is 63.1 Å². The molecule has 0 N–H and O–H groups in total. The lowest BCUT2D eigenvalue weighted by Crippen LogP contribution is -2.49. The highest BCUT2D eigenvalue weighted by Gasteiger charge is 2.19. The van der Waals surface area contributed by atoms with Gasteiger partial charge in [0.15, 0.2) is 5.65 Å². The van der Waals surface area contributed by atoms with Crippen molar-refractivity contribution in [1.82, 2.24) is 24.3 Å². The molecule has 0 spiro atoms. The van der Waals surface area contributed by atoms with Gasteiger partial charge in [-0.05, 0) is 49.9 Å². The normalized spacial score (nSPS) is 15.7. The van der Waals surface area contributed by atoms with E-state index in [1.807, 2.05) is 0 Å². The van der Waals surface area contributed by atoms with Crippen molar-refractivity contribution < 1.29 is 0 Å². The monoisotopic (exact) mass is 531 g/mol. The zero-order valence-electron chi connectivity index (χ0n) is 22.5. The van der Waals surface area contributed by atoms with Gasteiger partial charge in [0, 0.05) is 50.9 Å². The predicted molar refractivity (Wildman–Crippen MR) is 158 cm³/mol. The predicted octanol–water partition coefficient (Wildman–Crippen LogP) is 6.32. The van der Waals surface area contributed by atoms with E-state index in [1.165, 1.54) is 55.7 Å². The summed E-state index contributed by atoms with van der Waals surface area (Å²) in [4.78, 5) is 14.9. The summed E-state index contributed by atoms with van der Waals surface area (Å²) < 4.78 is 2.28. The van der Waals surface area contributed by atoms with Crippen LogP contribution in [-0.2, 0) is 13.0 Å². The van der Waals surface area contributed by atoms with Crippen molar-refractivity contribution in [2.75, 3.05) is 32.7 Å². The van der Waals surface area contributed by atoms with Gasteiger partial charge in [0.25, 0.3) is 0 Å². The van der Waals surface area contributed by atoms with E-state index < -0.39 is 0 Å². The van der Waals surface area contributed by atoms with Gasteiger partial charge in [-0.15, -0.1) is 24.8 Å². The van der Waals surface area contributed by atoms with Crippen LogP contribution in [0.2, 0.25) is 0 Å². The fraction of sp³-hybridized carbons (Fsp3) is 0.517. The molecule has 0 saturated carbocycles. The van der Waals surface area contributed by atoms with E-state index in [-0.39, 0.29) is 24.8 Å². The Balaban J connectivity index is 0.00000228. The van der Waals surface area contributed by atoms with E-state index in [4.69, 9.17) is 9.97 Å². The summed E-state index contributed by atoms with van der Waals surface area (Å²) in [6.45, 7) is 17.6. The van der Waals surface area contributed by atoms with Crippen LogP contribution in [0.3, 0.4) is 0 Å². The second kappa shape index (κ2) is 14.1. The van der Waals surface area contributed by atoms with E-state index in [1.54, 1.807) is 0 Å².